The minimum absolute atomic E-state index is 0.0171. The smallest absolute Gasteiger partial charge is 0.406 e. The van der Waals surface area contributed by atoms with Crippen molar-refractivity contribution in [1.29, 1.82) is 0 Å². The number of rotatable bonds is 10. The second-order valence-corrected chi connectivity index (χ2v) is 11.2. The summed E-state index contributed by atoms with van der Waals surface area (Å²) >= 11 is 6.30. The van der Waals surface area contributed by atoms with Crippen LogP contribution in [0.25, 0.3) is 5.82 Å². The van der Waals surface area contributed by atoms with Crippen LogP contribution in [0.2, 0.25) is 5.02 Å². The van der Waals surface area contributed by atoms with E-state index in [2.05, 4.69) is 40.9 Å². The zero-order chi connectivity index (χ0) is 37.3. The van der Waals surface area contributed by atoms with Crippen molar-refractivity contribution in [1.82, 2.24) is 40.3 Å². The maximum Gasteiger partial charge on any atom is 0.573 e. The van der Waals surface area contributed by atoms with E-state index >= 15 is 0 Å². The Balaban J connectivity index is 1.43. The van der Waals surface area contributed by atoms with Crippen molar-refractivity contribution in [2.75, 3.05) is 5.32 Å². The van der Waals surface area contributed by atoms with Gasteiger partial charge in [0.25, 0.3) is 17.6 Å². The van der Waals surface area contributed by atoms with Gasteiger partial charge in [0, 0.05) is 12.7 Å². The van der Waals surface area contributed by atoms with Crippen LogP contribution in [-0.2, 0) is 19.0 Å². The molecule has 0 unspecified atom stereocenters. The number of aryl methyl sites for hydroxylation is 2. The van der Waals surface area contributed by atoms with Gasteiger partial charge < -0.3 is 15.4 Å². The highest BCUT2D eigenvalue weighted by atomic mass is 35.5. The Morgan fingerprint density at radius 3 is 2.35 bits per heavy atom. The Labute approximate surface area is 286 Å². The number of carbonyl (C=O) groups excluding carboxylic acids is 2. The molecule has 0 radical (unpaired) electrons. The largest absolute Gasteiger partial charge is 0.573 e. The van der Waals surface area contributed by atoms with Gasteiger partial charge in [-0.25, -0.2) is 9.67 Å². The molecule has 51 heavy (non-hydrogen) atoms. The molecule has 0 aliphatic heterocycles. The fraction of sp³-hybridized carbons (Fsp3) is 0.233. The van der Waals surface area contributed by atoms with Crippen molar-refractivity contribution in [2.45, 2.75) is 45.4 Å². The highest BCUT2D eigenvalue weighted by molar-refractivity contribution is 6.32. The first-order valence-corrected chi connectivity index (χ1v) is 14.7. The molecule has 0 aliphatic carbocycles. The molecule has 2 aromatic carbocycles. The average molecular weight is 744 g/mol. The standard InChI is InChI=1S/C30H22ClF8N9O3/c1-15-9-16(2)23(20(10-15)25(49)41-13-17-5-3-6-19(11-17)51-30(37,38)39)42-26(50)22-12-18(44-48(22)24-21(31)7-4-8-40-24)14-47-45-27(43-46-47)28(32,33)29(34,35)36/h3-12H,13-14H2,1-2H3,(H,41,49)(H,42,50). The molecule has 3 aromatic heterocycles. The quantitative estimate of drug-likeness (QED) is 0.159. The summed E-state index contributed by atoms with van der Waals surface area (Å²) in [7, 11) is 0. The topological polar surface area (TPSA) is 142 Å². The molecule has 0 aliphatic rings. The Morgan fingerprint density at radius 2 is 1.67 bits per heavy atom. The van der Waals surface area contributed by atoms with Gasteiger partial charge >= 0.3 is 18.5 Å². The van der Waals surface area contributed by atoms with Crippen molar-refractivity contribution < 1.29 is 49.4 Å². The van der Waals surface area contributed by atoms with Crippen molar-refractivity contribution in [3.63, 3.8) is 0 Å². The molecule has 0 saturated carbocycles. The van der Waals surface area contributed by atoms with E-state index in [-0.39, 0.29) is 45.6 Å². The molecular weight excluding hydrogens is 722 g/mol. The van der Waals surface area contributed by atoms with Gasteiger partial charge in [-0.3, -0.25) is 9.59 Å². The van der Waals surface area contributed by atoms with Gasteiger partial charge in [-0.1, -0.05) is 29.8 Å². The molecule has 3 heterocycles. The molecule has 0 bridgehead atoms. The van der Waals surface area contributed by atoms with Crippen LogP contribution >= 0.6 is 11.6 Å². The third-order valence-electron chi connectivity index (χ3n) is 6.87. The molecule has 0 fully saturated rings. The van der Waals surface area contributed by atoms with Crippen LogP contribution in [0.5, 0.6) is 5.75 Å². The van der Waals surface area contributed by atoms with Crippen LogP contribution in [0.15, 0.2) is 60.8 Å². The third kappa shape index (κ3) is 8.39. The lowest BCUT2D eigenvalue weighted by atomic mass is 10.0. The Hall–Kier alpha value is -5.66. The molecule has 12 nitrogen and oxygen atoms in total. The molecule has 2 amide bonds. The molecule has 0 atom stereocenters. The van der Waals surface area contributed by atoms with E-state index in [0.717, 1.165) is 22.9 Å². The van der Waals surface area contributed by atoms with Crippen LogP contribution in [-0.4, -0.2) is 59.3 Å². The SMILES string of the molecule is Cc1cc(C)c(NC(=O)c2cc(Cn3nnc(C(F)(F)C(F)(F)F)n3)nn2-c2ncccc2Cl)c(C(=O)NCc2cccc(OC(F)(F)F)c2)c1. The van der Waals surface area contributed by atoms with Gasteiger partial charge in [-0.05, 0) is 72.1 Å². The number of carbonyl (C=O) groups is 2. The summed E-state index contributed by atoms with van der Waals surface area (Å²) in [5.74, 6) is -9.44. The van der Waals surface area contributed by atoms with Crippen LogP contribution in [0.4, 0.5) is 40.8 Å². The summed E-state index contributed by atoms with van der Waals surface area (Å²) in [4.78, 5) is 31.7. The second kappa shape index (κ2) is 13.9. The van der Waals surface area contributed by atoms with Crippen molar-refractivity contribution in [3.8, 4) is 11.6 Å². The van der Waals surface area contributed by atoms with Crippen LogP contribution < -0.4 is 15.4 Å². The van der Waals surface area contributed by atoms with Crippen LogP contribution in [0.3, 0.4) is 0 Å². The number of nitrogens with one attached hydrogen (secondary N) is 2. The maximum atomic E-state index is 13.8. The van der Waals surface area contributed by atoms with Crippen molar-refractivity contribution in [3.05, 3.63) is 105 Å². The number of amides is 2. The van der Waals surface area contributed by atoms with E-state index in [1.54, 1.807) is 19.9 Å². The zero-order valence-corrected chi connectivity index (χ0v) is 26.7. The second-order valence-electron chi connectivity index (χ2n) is 10.8. The molecule has 2 N–H and O–H groups in total. The third-order valence-corrected chi connectivity index (χ3v) is 7.17. The van der Waals surface area contributed by atoms with Gasteiger partial charge in [0.15, 0.2) is 5.82 Å². The molecule has 5 aromatic rings. The molecule has 5 rings (SSSR count). The summed E-state index contributed by atoms with van der Waals surface area (Å²) in [5.41, 5.74) is 0.975. The van der Waals surface area contributed by atoms with Crippen LogP contribution in [0, 0.1) is 13.8 Å². The zero-order valence-electron chi connectivity index (χ0n) is 25.9. The highest BCUT2D eigenvalue weighted by Crippen LogP contribution is 2.42. The number of pyridine rings is 1. The maximum absolute atomic E-state index is 13.8. The highest BCUT2D eigenvalue weighted by Gasteiger charge is 2.62. The number of hydrogen-bond acceptors (Lipinski definition) is 8. The lowest BCUT2D eigenvalue weighted by Gasteiger charge is -2.16. The lowest BCUT2D eigenvalue weighted by molar-refractivity contribution is -0.292. The summed E-state index contributed by atoms with van der Waals surface area (Å²) in [6, 6.07) is 12.1. The number of anilines is 1. The number of aromatic nitrogens is 7. The van der Waals surface area contributed by atoms with Gasteiger partial charge in [-0.15, -0.1) is 23.4 Å². The van der Waals surface area contributed by atoms with E-state index in [1.807, 2.05) is 0 Å². The first-order valence-electron chi connectivity index (χ1n) is 14.3. The fourth-order valence-electron chi connectivity index (χ4n) is 4.69. The summed E-state index contributed by atoms with van der Waals surface area (Å²) in [6.45, 7) is 2.45. The minimum Gasteiger partial charge on any atom is -0.406 e. The van der Waals surface area contributed by atoms with Gasteiger partial charge in [0.1, 0.15) is 18.0 Å². The molecule has 0 saturated heterocycles. The summed E-state index contributed by atoms with van der Waals surface area (Å²) < 4.78 is 109. The Kier molecular flexibility index (Phi) is 10.00. The number of nitrogens with zero attached hydrogens (tertiary/aromatic N) is 7. The minimum atomic E-state index is -5.98. The molecule has 21 heteroatoms. The number of halogens is 9. The van der Waals surface area contributed by atoms with E-state index in [4.69, 9.17) is 11.6 Å². The number of alkyl halides is 8. The van der Waals surface area contributed by atoms with E-state index in [1.165, 1.54) is 36.5 Å². The molecule has 268 valence electrons. The normalized spacial score (nSPS) is 12.1. The summed E-state index contributed by atoms with van der Waals surface area (Å²) in [5, 5.41) is 18.6. The molecule has 0 spiro atoms. The van der Waals surface area contributed by atoms with E-state index in [0.29, 0.717) is 15.9 Å². The van der Waals surface area contributed by atoms with E-state index < -0.39 is 48.4 Å². The first kappa shape index (κ1) is 36.6. The van der Waals surface area contributed by atoms with Gasteiger partial charge in [-0.2, -0.15) is 31.8 Å². The predicted octanol–water partition coefficient (Wildman–Crippen LogP) is 6.31. The van der Waals surface area contributed by atoms with E-state index in [9.17, 15) is 44.7 Å². The first-order chi connectivity index (χ1) is 23.8. The fourth-order valence-corrected chi connectivity index (χ4v) is 4.89. The number of ether oxygens (including phenoxy) is 1. The predicted molar refractivity (Wildman–Crippen MR) is 161 cm³/mol. The van der Waals surface area contributed by atoms with Gasteiger partial charge in [0.05, 0.1) is 22.0 Å². The van der Waals surface area contributed by atoms with Crippen molar-refractivity contribution in [2.24, 2.45) is 0 Å². The molecular formula is C30H22ClF8N9O3. The number of tetrazole rings is 1. The Morgan fingerprint density at radius 1 is 0.922 bits per heavy atom. The Bertz CT molecular complexity index is 2100. The monoisotopic (exact) mass is 743 g/mol. The number of benzene rings is 2. The van der Waals surface area contributed by atoms with Gasteiger partial charge in [0.2, 0.25) is 0 Å². The summed E-state index contributed by atoms with van der Waals surface area (Å²) in [6.07, 6.45) is -9.58. The average Bonchev–Trinajstić information content (AvgIpc) is 3.68. The van der Waals surface area contributed by atoms with Crippen LogP contribution in [0.1, 0.15) is 49.1 Å². The lowest BCUT2D eigenvalue weighted by Crippen LogP contribution is -2.35. The number of hydrogen-bond donors (Lipinski definition) is 2. The van der Waals surface area contributed by atoms with Crippen molar-refractivity contribution >= 4 is 29.1 Å².